The minimum absolute atomic E-state index is 0.0159. The first kappa shape index (κ1) is 34.8. The average molecular weight is 771 g/mol. The monoisotopic (exact) mass is 770 g/mol. The van der Waals surface area contributed by atoms with Crippen LogP contribution in [-0.2, 0) is 41.6 Å². The molecule has 0 radical (unpaired) electrons. The van der Waals surface area contributed by atoms with E-state index in [1.54, 1.807) is 19.1 Å². The molecule has 2 aromatic carbocycles. The minimum atomic E-state index is -1.80. The van der Waals surface area contributed by atoms with Crippen molar-refractivity contribution >= 4 is 34.3 Å². The molecule has 9 nitrogen and oxygen atoms in total. The number of aromatic hydroxyl groups is 1. The van der Waals surface area contributed by atoms with Crippen molar-refractivity contribution in [3.05, 3.63) is 92.6 Å². The number of rotatable bonds is 10. The van der Waals surface area contributed by atoms with Gasteiger partial charge in [-0.25, -0.2) is 0 Å². The van der Waals surface area contributed by atoms with Gasteiger partial charge < -0.3 is 33.9 Å². The zero-order valence-corrected chi connectivity index (χ0v) is 30.0. The van der Waals surface area contributed by atoms with Crippen LogP contribution in [0.3, 0.4) is 0 Å². The van der Waals surface area contributed by atoms with Gasteiger partial charge >= 0.3 is 5.97 Å². The highest BCUT2D eigenvalue weighted by molar-refractivity contribution is 14.1. The highest BCUT2D eigenvalue weighted by Gasteiger charge is 2.70. The summed E-state index contributed by atoms with van der Waals surface area (Å²) in [5, 5.41) is 22.5. The van der Waals surface area contributed by atoms with Crippen LogP contribution in [0.5, 0.6) is 11.5 Å². The van der Waals surface area contributed by atoms with Crippen molar-refractivity contribution in [2.45, 2.75) is 76.0 Å². The Morgan fingerprint density at radius 2 is 1.92 bits per heavy atom. The maximum atomic E-state index is 13.9. The van der Waals surface area contributed by atoms with Gasteiger partial charge in [0.15, 0.2) is 17.3 Å². The molecule has 4 aliphatic rings. The van der Waals surface area contributed by atoms with E-state index in [2.05, 4.69) is 36.1 Å². The van der Waals surface area contributed by atoms with Gasteiger partial charge in [-0.1, -0.05) is 56.0 Å². The number of aliphatic hydroxyl groups is 1. The lowest BCUT2D eigenvalue weighted by atomic mass is 9.55. The predicted octanol–water partition coefficient (Wildman–Crippen LogP) is 5.99. The van der Waals surface area contributed by atoms with E-state index in [1.165, 1.54) is 7.11 Å². The number of fused-ring (bicyclic) bond motifs is 5. The van der Waals surface area contributed by atoms with Crippen molar-refractivity contribution in [1.82, 2.24) is 0 Å². The number of ketones is 1. The lowest BCUT2D eigenvalue weighted by molar-refractivity contribution is -0.228. The van der Waals surface area contributed by atoms with Crippen molar-refractivity contribution in [2.75, 3.05) is 20.5 Å². The summed E-state index contributed by atoms with van der Waals surface area (Å²) in [5.74, 6) is -1.78. The summed E-state index contributed by atoms with van der Waals surface area (Å²) in [6.45, 7) is 10.3. The number of halogens is 1. The third kappa shape index (κ3) is 5.83. The first-order chi connectivity index (χ1) is 22.9. The molecule has 1 saturated heterocycles. The number of benzene rings is 2. The molecule has 7 atom stereocenters. The Morgan fingerprint density at radius 1 is 1.17 bits per heavy atom. The molecule has 1 saturated carbocycles. The summed E-state index contributed by atoms with van der Waals surface area (Å²) in [6.07, 6.45) is 4.36. The van der Waals surface area contributed by atoms with E-state index < -0.39 is 40.7 Å². The van der Waals surface area contributed by atoms with Crippen LogP contribution in [0.4, 0.5) is 0 Å². The topological polar surface area (TPSA) is 121 Å². The summed E-state index contributed by atoms with van der Waals surface area (Å²) in [7, 11) is 1.47. The number of hydrogen-bond donors (Lipinski definition) is 2. The molecule has 2 aromatic rings. The molecule has 48 heavy (non-hydrogen) atoms. The summed E-state index contributed by atoms with van der Waals surface area (Å²) in [5.41, 5.74) is 0.0984. The number of phenolic OH excluding ortho intramolecular Hbond substituents is 1. The molecule has 256 valence electrons. The number of carbonyl (C=O) groups excluding carboxylic acids is 2. The Labute approximate surface area is 295 Å². The molecule has 0 unspecified atom stereocenters. The summed E-state index contributed by atoms with van der Waals surface area (Å²) >= 11 is 2.11. The number of methoxy groups -OCH3 is 1. The standard InChI is InChI=1S/C38H43IO9/c1-22(2)37-17-24(4)38(47-20-25-9-7-6-8-10-25)28(35(37)46-21-48-37)14-26(18-36(43)32(38)13-23(3)34(36)42)19-45-33(41)12-11-27-15-31(44-5)30(40)16-29(27)39/h6-10,13-16,24,28,32,35,40,43H,1,11-12,17-21H2,2-5H3/t24-,28+,32-,35-,36-,37-,38-/m1/s1. The van der Waals surface area contributed by atoms with Gasteiger partial charge in [0.1, 0.15) is 30.7 Å². The Kier molecular flexibility index (Phi) is 9.69. The quantitative estimate of drug-likeness (QED) is 0.171. The maximum absolute atomic E-state index is 13.9. The SMILES string of the molecule is C=C(C)[C@]12C[C@@H](C)[C@@]3(OCc4ccccc4)[C@@H](C=C(COC(=O)CCc4cc(OC)c(O)cc4I)C[C@]4(O)C(=O)C(C)=C[C@@H]34)[C@H]1OCO2. The van der Waals surface area contributed by atoms with Gasteiger partial charge in [-0.15, -0.1) is 0 Å². The number of hydrogen-bond acceptors (Lipinski definition) is 9. The van der Waals surface area contributed by atoms with E-state index in [-0.39, 0.29) is 50.3 Å². The van der Waals surface area contributed by atoms with Crippen molar-refractivity contribution in [2.24, 2.45) is 17.8 Å². The van der Waals surface area contributed by atoms with Gasteiger partial charge in [-0.05, 0) is 95.2 Å². The van der Waals surface area contributed by atoms with E-state index in [4.69, 9.17) is 23.7 Å². The van der Waals surface area contributed by atoms with Gasteiger partial charge in [-0.3, -0.25) is 9.59 Å². The number of esters is 1. The number of Topliss-reactive ketones (excluding diaryl/α,β-unsaturated/α-hetero) is 1. The van der Waals surface area contributed by atoms with E-state index >= 15 is 0 Å². The first-order valence-electron chi connectivity index (χ1n) is 16.3. The maximum Gasteiger partial charge on any atom is 0.306 e. The molecule has 0 amide bonds. The Morgan fingerprint density at radius 3 is 2.62 bits per heavy atom. The highest BCUT2D eigenvalue weighted by atomic mass is 127. The lowest BCUT2D eigenvalue weighted by Gasteiger charge is -2.58. The Hall–Kier alpha value is -3.03. The van der Waals surface area contributed by atoms with E-state index in [9.17, 15) is 19.8 Å². The second-order valence-electron chi connectivity index (χ2n) is 13.6. The third-order valence-electron chi connectivity index (χ3n) is 10.7. The molecule has 10 heteroatoms. The molecule has 6 rings (SSSR count). The molecular weight excluding hydrogens is 727 g/mol. The third-order valence-corrected chi connectivity index (χ3v) is 11.8. The van der Waals surface area contributed by atoms with Crippen molar-refractivity contribution in [3.63, 3.8) is 0 Å². The molecule has 3 aliphatic carbocycles. The van der Waals surface area contributed by atoms with Crippen LogP contribution in [0.2, 0.25) is 0 Å². The fraction of sp³-hybridized carbons (Fsp3) is 0.474. The van der Waals surface area contributed by atoms with Crippen LogP contribution < -0.4 is 4.74 Å². The number of carbonyl (C=O) groups is 2. The first-order valence-corrected chi connectivity index (χ1v) is 17.4. The lowest BCUT2D eigenvalue weighted by Crippen LogP contribution is -2.68. The predicted molar refractivity (Wildman–Crippen MR) is 186 cm³/mol. The van der Waals surface area contributed by atoms with E-state index in [0.29, 0.717) is 29.7 Å². The summed E-state index contributed by atoms with van der Waals surface area (Å²) in [4.78, 5) is 27.0. The number of phenols is 1. The highest BCUT2D eigenvalue weighted by Crippen LogP contribution is 2.61. The summed E-state index contributed by atoms with van der Waals surface area (Å²) in [6, 6.07) is 13.2. The van der Waals surface area contributed by atoms with Crippen LogP contribution in [0, 0.1) is 21.3 Å². The molecule has 0 bridgehead atoms. The van der Waals surface area contributed by atoms with E-state index in [0.717, 1.165) is 20.3 Å². The molecular formula is C38H43IO9. The van der Waals surface area contributed by atoms with Gasteiger partial charge in [-0.2, -0.15) is 0 Å². The fourth-order valence-corrected chi connectivity index (χ4v) is 9.10. The van der Waals surface area contributed by atoms with Gasteiger partial charge in [0.05, 0.1) is 19.3 Å². The second-order valence-corrected chi connectivity index (χ2v) is 14.8. The van der Waals surface area contributed by atoms with Crippen LogP contribution in [0.15, 0.2) is 77.9 Å². The van der Waals surface area contributed by atoms with Crippen molar-refractivity contribution < 1.29 is 43.5 Å². The van der Waals surface area contributed by atoms with Crippen molar-refractivity contribution in [1.29, 1.82) is 0 Å². The molecule has 0 spiro atoms. The van der Waals surface area contributed by atoms with Gasteiger partial charge in [0.25, 0.3) is 0 Å². The van der Waals surface area contributed by atoms with Crippen LogP contribution >= 0.6 is 22.6 Å². The second kappa shape index (κ2) is 13.4. The minimum Gasteiger partial charge on any atom is -0.504 e. The fourth-order valence-electron chi connectivity index (χ4n) is 8.38. The Balaban J connectivity index is 1.35. The van der Waals surface area contributed by atoms with E-state index in [1.807, 2.05) is 49.4 Å². The zero-order valence-electron chi connectivity index (χ0n) is 27.8. The largest absolute Gasteiger partial charge is 0.504 e. The molecule has 2 N–H and O–H groups in total. The smallest absolute Gasteiger partial charge is 0.306 e. The normalized spacial score (nSPS) is 32.3. The molecule has 1 aliphatic heterocycles. The summed E-state index contributed by atoms with van der Waals surface area (Å²) < 4.78 is 31.6. The zero-order chi connectivity index (χ0) is 34.4. The van der Waals surface area contributed by atoms with Crippen LogP contribution in [0.1, 0.15) is 51.2 Å². The molecule has 1 heterocycles. The number of aryl methyl sites for hydroxylation is 1. The van der Waals surface area contributed by atoms with Gasteiger partial charge in [0, 0.05) is 28.2 Å². The molecule has 2 fully saturated rings. The average Bonchev–Trinajstić information content (AvgIpc) is 3.55. The number of ether oxygens (including phenoxy) is 5. The van der Waals surface area contributed by atoms with Gasteiger partial charge in [0.2, 0.25) is 0 Å². The Bertz CT molecular complexity index is 1670. The molecule has 0 aromatic heterocycles. The van der Waals surface area contributed by atoms with Crippen molar-refractivity contribution in [3.8, 4) is 11.5 Å². The van der Waals surface area contributed by atoms with Crippen LogP contribution in [-0.4, -0.2) is 65.4 Å². The van der Waals surface area contributed by atoms with Crippen LogP contribution in [0.25, 0.3) is 0 Å².